The molecule has 2 aromatic rings. The number of carbonyl (C=O) groups is 1. The molecule has 1 heterocycles. The predicted octanol–water partition coefficient (Wildman–Crippen LogP) is 1.43. The zero-order valence-electron chi connectivity index (χ0n) is 11.4. The number of hydrogen-bond acceptors (Lipinski definition) is 7. The van der Waals surface area contributed by atoms with E-state index in [-0.39, 0.29) is 22.7 Å². The third kappa shape index (κ3) is 4.01. The zero-order chi connectivity index (χ0) is 16.3. The number of nitrogen functional groups attached to an aromatic ring is 2. The van der Waals surface area contributed by atoms with Gasteiger partial charge in [-0.3, -0.25) is 4.79 Å². The van der Waals surface area contributed by atoms with Gasteiger partial charge in [0.25, 0.3) is 0 Å². The fourth-order valence-electron chi connectivity index (χ4n) is 1.48. The highest BCUT2D eigenvalue weighted by Gasteiger charge is 2.18. The smallest absolute Gasteiger partial charge is 0.237 e. The van der Waals surface area contributed by atoms with Gasteiger partial charge < -0.3 is 16.8 Å². The average Bonchev–Trinajstić information content (AvgIpc) is 2.40. The van der Waals surface area contributed by atoms with Crippen LogP contribution in [0.1, 0.15) is 6.92 Å². The van der Waals surface area contributed by atoms with Crippen LogP contribution >= 0.6 is 11.8 Å². The van der Waals surface area contributed by atoms with E-state index in [9.17, 15) is 13.6 Å². The summed E-state index contributed by atoms with van der Waals surface area (Å²) in [6.45, 7) is 1.57. The number of nitrogens with two attached hydrogens (primary N) is 2. The standard InChI is InChI=1S/C12H12F2N6OS/c1-5(22-12-19-10(15)18-11(16)20-12)9(21)17-8-3-2-6(13)4-7(8)14/h2-5H,1H3,(H,17,21)(H4,15,16,18,19,20). The number of anilines is 3. The summed E-state index contributed by atoms with van der Waals surface area (Å²) in [5.41, 5.74) is 10.7. The molecule has 1 aromatic carbocycles. The van der Waals surface area contributed by atoms with E-state index in [1.165, 1.54) is 0 Å². The number of amides is 1. The fourth-order valence-corrected chi connectivity index (χ4v) is 2.25. The maximum atomic E-state index is 13.5. The molecule has 0 spiro atoms. The molecule has 0 saturated heterocycles. The topological polar surface area (TPSA) is 120 Å². The SMILES string of the molecule is CC(Sc1nc(N)nc(N)n1)C(=O)Nc1ccc(F)cc1F. The summed E-state index contributed by atoms with van der Waals surface area (Å²) in [4.78, 5) is 23.3. The minimum absolute atomic E-state index is 0.0628. The highest BCUT2D eigenvalue weighted by molar-refractivity contribution is 8.00. The van der Waals surface area contributed by atoms with E-state index in [4.69, 9.17) is 11.5 Å². The molecule has 0 fully saturated rings. The van der Waals surface area contributed by atoms with Gasteiger partial charge in [0.15, 0.2) is 5.16 Å². The van der Waals surface area contributed by atoms with Crippen LogP contribution in [0.15, 0.2) is 23.4 Å². The second kappa shape index (κ2) is 6.52. The molecule has 0 aliphatic rings. The van der Waals surface area contributed by atoms with Crippen LogP contribution < -0.4 is 16.8 Å². The first-order valence-corrected chi connectivity index (χ1v) is 6.92. The van der Waals surface area contributed by atoms with Gasteiger partial charge in [-0.15, -0.1) is 0 Å². The van der Waals surface area contributed by atoms with E-state index in [1.807, 2.05) is 0 Å². The summed E-state index contributed by atoms with van der Waals surface area (Å²) in [5, 5.41) is 1.86. The lowest BCUT2D eigenvalue weighted by molar-refractivity contribution is -0.115. The molecule has 22 heavy (non-hydrogen) atoms. The minimum Gasteiger partial charge on any atom is -0.368 e. The Balaban J connectivity index is 2.05. The molecule has 10 heteroatoms. The van der Waals surface area contributed by atoms with Gasteiger partial charge >= 0.3 is 0 Å². The van der Waals surface area contributed by atoms with E-state index >= 15 is 0 Å². The van der Waals surface area contributed by atoms with Gasteiger partial charge in [-0.2, -0.15) is 15.0 Å². The van der Waals surface area contributed by atoms with Crippen molar-refractivity contribution in [3.8, 4) is 0 Å². The largest absolute Gasteiger partial charge is 0.368 e. The third-order valence-electron chi connectivity index (χ3n) is 2.49. The van der Waals surface area contributed by atoms with Crippen molar-refractivity contribution in [2.24, 2.45) is 0 Å². The van der Waals surface area contributed by atoms with E-state index in [2.05, 4.69) is 20.3 Å². The third-order valence-corrected chi connectivity index (χ3v) is 3.45. The van der Waals surface area contributed by atoms with E-state index in [0.29, 0.717) is 6.07 Å². The molecule has 1 unspecified atom stereocenters. The molecular weight excluding hydrogens is 314 g/mol. The predicted molar refractivity (Wildman–Crippen MR) is 79.0 cm³/mol. The molecule has 1 aromatic heterocycles. The van der Waals surface area contributed by atoms with Crippen LogP contribution in [-0.4, -0.2) is 26.1 Å². The molecular formula is C12H12F2N6OS. The van der Waals surface area contributed by atoms with Crippen LogP contribution in [0.25, 0.3) is 0 Å². The molecule has 0 radical (unpaired) electrons. The Bertz CT molecular complexity index is 694. The Morgan fingerprint density at radius 2 is 1.86 bits per heavy atom. The van der Waals surface area contributed by atoms with Gasteiger partial charge in [0, 0.05) is 6.07 Å². The number of hydrogen-bond donors (Lipinski definition) is 3. The second-order valence-electron chi connectivity index (χ2n) is 4.21. The lowest BCUT2D eigenvalue weighted by Gasteiger charge is -2.11. The summed E-state index contributed by atoms with van der Waals surface area (Å²) >= 11 is 0.977. The van der Waals surface area contributed by atoms with Gasteiger partial charge in [-0.1, -0.05) is 11.8 Å². The van der Waals surface area contributed by atoms with Gasteiger partial charge in [0.05, 0.1) is 10.9 Å². The number of nitrogens with zero attached hydrogens (tertiary/aromatic N) is 3. The molecule has 2 rings (SSSR count). The Kier molecular flexibility index (Phi) is 4.71. The van der Waals surface area contributed by atoms with Crippen LogP contribution in [0.5, 0.6) is 0 Å². The minimum atomic E-state index is -0.862. The first-order valence-electron chi connectivity index (χ1n) is 6.04. The van der Waals surface area contributed by atoms with Crippen LogP contribution in [0.3, 0.4) is 0 Å². The fraction of sp³-hybridized carbons (Fsp3) is 0.167. The van der Waals surface area contributed by atoms with Gasteiger partial charge in [0.2, 0.25) is 17.8 Å². The van der Waals surface area contributed by atoms with Crippen molar-refractivity contribution in [1.29, 1.82) is 0 Å². The van der Waals surface area contributed by atoms with E-state index in [1.54, 1.807) is 6.92 Å². The van der Waals surface area contributed by atoms with Crippen molar-refractivity contribution in [1.82, 2.24) is 15.0 Å². The Hall–Kier alpha value is -2.49. The van der Waals surface area contributed by atoms with Crippen LogP contribution in [0.2, 0.25) is 0 Å². The lowest BCUT2D eigenvalue weighted by atomic mass is 10.3. The number of nitrogens with one attached hydrogen (secondary N) is 1. The maximum absolute atomic E-state index is 13.5. The van der Waals surface area contributed by atoms with Gasteiger partial charge in [-0.05, 0) is 19.1 Å². The maximum Gasteiger partial charge on any atom is 0.237 e. The number of carbonyl (C=O) groups excluding carboxylic acids is 1. The van der Waals surface area contributed by atoms with Crippen LogP contribution in [0.4, 0.5) is 26.4 Å². The summed E-state index contributed by atoms with van der Waals surface area (Å²) in [6.07, 6.45) is 0. The highest BCUT2D eigenvalue weighted by atomic mass is 32.2. The van der Waals surface area contributed by atoms with Crippen molar-refractivity contribution in [3.05, 3.63) is 29.8 Å². The average molecular weight is 326 g/mol. The second-order valence-corrected chi connectivity index (χ2v) is 5.52. The molecule has 1 amide bonds. The monoisotopic (exact) mass is 326 g/mol. The number of thioether (sulfide) groups is 1. The molecule has 5 N–H and O–H groups in total. The van der Waals surface area contributed by atoms with Crippen molar-refractivity contribution < 1.29 is 13.6 Å². The summed E-state index contributed by atoms with van der Waals surface area (Å²) in [5.74, 6) is -2.22. The number of aromatic nitrogens is 3. The van der Waals surface area contributed by atoms with Gasteiger partial charge in [-0.25, -0.2) is 8.78 Å². The van der Waals surface area contributed by atoms with Crippen molar-refractivity contribution in [3.63, 3.8) is 0 Å². The van der Waals surface area contributed by atoms with Crippen molar-refractivity contribution in [2.45, 2.75) is 17.3 Å². The summed E-state index contributed by atoms with van der Waals surface area (Å²) in [6, 6.07) is 2.86. The molecule has 7 nitrogen and oxygen atoms in total. The first kappa shape index (κ1) is 15.9. The number of halogens is 2. The van der Waals surface area contributed by atoms with E-state index in [0.717, 1.165) is 23.9 Å². The quantitative estimate of drug-likeness (QED) is 0.727. The van der Waals surface area contributed by atoms with Crippen LogP contribution in [0, 0.1) is 11.6 Å². The molecule has 116 valence electrons. The Morgan fingerprint density at radius 3 is 2.45 bits per heavy atom. The summed E-state index contributed by atoms with van der Waals surface area (Å²) < 4.78 is 26.3. The normalized spacial score (nSPS) is 12.0. The number of rotatable bonds is 4. The van der Waals surface area contributed by atoms with E-state index < -0.39 is 22.8 Å². The molecule has 1 atom stereocenters. The molecule has 0 aliphatic carbocycles. The zero-order valence-corrected chi connectivity index (χ0v) is 12.2. The van der Waals surface area contributed by atoms with Crippen molar-refractivity contribution in [2.75, 3.05) is 16.8 Å². The van der Waals surface area contributed by atoms with Crippen LogP contribution in [-0.2, 0) is 4.79 Å². The Morgan fingerprint density at radius 1 is 1.23 bits per heavy atom. The molecule has 0 bridgehead atoms. The van der Waals surface area contributed by atoms with Gasteiger partial charge in [0.1, 0.15) is 11.6 Å². The highest BCUT2D eigenvalue weighted by Crippen LogP contribution is 2.22. The first-order chi connectivity index (χ1) is 10.3. The number of benzene rings is 1. The lowest BCUT2D eigenvalue weighted by Crippen LogP contribution is -2.23. The molecule has 0 saturated carbocycles. The Labute approximate surface area is 128 Å². The summed E-state index contributed by atoms with van der Waals surface area (Å²) in [7, 11) is 0. The van der Waals surface area contributed by atoms with Crippen molar-refractivity contribution >= 4 is 35.3 Å². The molecule has 0 aliphatic heterocycles.